The molecule has 1 atom stereocenters. The van der Waals surface area contributed by atoms with E-state index in [-0.39, 0.29) is 18.8 Å². The predicted molar refractivity (Wildman–Crippen MR) is 105 cm³/mol. The van der Waals surface area contributed by atoms with Crippen LogP contribution in [0.4, 0.5) is 15.1 Å². The number of nitrogens with zero attached hydrogens (tertiary/aromatic N) is 2. The highest BCUT2D eigenvalue weighted by molar-refractivity contribution is 14.1. The van der Waals surface area contributed by atoms with Gasteiger partial charge in [-0.25, -0.2) is 9.45 Å². The number of hydroxylamine groups is 2. The summed E-state index contributed by atoms with van der Waals surface area (Å²) in [6.45, 7) is 0.149. The first-order chi connectivity index (χ1) is 12.5. The van der Waals surface area contributed by atoms with Crippen LogP contribution < -0.4 is 5.32 Å². The molecule has 0 saturated carbocycles. The van der Waals surface area contributed by atoms with Gasteiger partial charge in [0.1, 0.15) is 29.1 Å². The minimum atomic E-state index is -0.720. The van der Waals surface area contributed by atoms with Gasteiger partial charge >= 0.3 is 0 Å². The Morgan fingerprint density at radius 3 is 3.04 bits per heavy atom. The number of hydrogen-bond donors (Lipinski definition) is 2. The molecule has 26 heavy (non-hydrogen) atoms. The summed E-state index contributed by atoms with van der Waals surface area (Å²) >= 11 is 3.34. The van der Waals surface area contributed by atoms with Gasteiger partial charge in [-0.15, -0.1) is 11.3 Å². The molecule has 4 rings (SSSR count). The van der Waals surface area contributed by atoms with Crippen molar-refractivity contribution in [1.82, 2.24) is 10.0 Å². The number of thiophene rings is 1. The maximum absolute atomic E-state index is 14.2. The van der Waals surface area contributed by atoms with Gasteiger partial charge in [0.2, 0.25) is 0 Å². The zero-order valence-electron chi connectivity index (χ0n) is 13.3. The van der Waals surface area contributed by atoms with E-state index in [0.717, 1.165) is 13.3 Å². The molecule has 0 aliphatic carbocycles. The van der Waals surface area contributed by atoms with Crippen molar-refractivity contribution >= 4 is 60.7 Å². The van der Waals surface area contributed by atoms with Gasteiger partial charge in [0.25, 0.3) is 5.91 Å². The van der Waals surface area contributed by atoms with E-state index in [9.17, 15) is 14.3 Å². The van der Waals surface area contributed by atoms with E-state index in [1.807, 2.05) is 28.7 Å². The smallest absolute Gasteiger partial charge is 0.282 e. The second-order valence-electron chi connectivity index (χ2n) is 5.72. The number of benzene rings is 1. The van der Waals surface area contributed by atoms with Crippen LogP contribution in [0.25, 0.3) is 10.2 Å². The molecule has 0 bridgehead atoms. The molecule has 1 saturated heterocycles. The van der Waals surface area contributed by atoms with E-state index < -0.39 is 17.8 Å². The van der Waals surface area contributed by atoms with E-state index in [1.165, 1.54) is 17.4 Å². The number of rotatable bonds is 3. The molecular weight excluding hydrogens is 472 g/mol. The van der Waals surface area contributed by atoms with Crippen molar-refractivity contribution in [2.45, 2.75) is 6.10 Å². The van der Waals surface area contributed by atoms with E-state index in [2.05, 4.69) is 10.3 Å². The van der Waals surface area contributed by atoms with Gasteiger partial charge in [-0.2, -0.15) is 0 Å². The first-order valence-corrected chi connectivity index (χ1v) is 9.65. The summed E-state index contributed by atoms with van der Waals surface area (Å²) in [5.74, 6) is -0.825. The van der Waals surface area contributed by atoms with Crippen molar-refractivity contribution in [1.29, 1.82) is 0 Å². The minimum Gasteiger partial charge on any atom is -0.389 e. The molecule has 1 fully saturated rings. The highest BCUT2D eigenvalue weighted by Crippen LogP contribution is 2.38. The van der Waals surface area contributed by atoms with Crippen LogP contribution in [0.1, 0.15) is 10.4 Å². The fraction of sp³-hybridized carbons (Fsp3) is 0.176. The molecule has 3 aromatic rings. The lowest BCUT2D eigenvalue weighted by molar-refractivity contribution is -0.0777. The Morgan fingerprint density at radius 2 is 2.31 bits per heavy atom. The van der Waals surface area contributed by atoms with Crippen LogP contribution >= 0.6 is 33.9 Å². The number of carbonyl (C=O) groups is 1. The number of nitrogens with one attached hydrogen (secondary N) is 1. The van der Waals surface area contributed by atoms with E-state index in [1.54, 1.807) is 24.4 Å². The summed E-state index contributed by atoms with van der Waals surface area (Å²) in [5.41, 5.74) is 1.09. The van der Waals surface area contributed by atoms with E-state index in [0.29, 0.717) is 16.1 Å². The molecule has 2 aromatic heterocycles. The highest BCUT2D eigenvalue weighted by Gasteiger charge is 2.31. The second kappa shape index (κ2) is 7.06. The number of aliphatic hydroxyl groups excluding tert-OH is 1. The van der Waals surface area contributed by atoms with Crippen LogP contribution in [-0.4, -0.2) is 40.3 Å². The Bertz CT molecular complexity index is 997. The summed E-state index contributed by atoms with van der Waals surface area (Å²) in [4.78, 5) is 22.5. The molecule has 3 heterocycles. The van der Waals surface area contributed by atoms with Crippen LogP contribution in [0.15, 0.2) is 36.5 Å². The maximum Gasteiger partial charge on any atom is 0.282 e. The predicted octanol–water partition coefficient (Wildman–Crippen LogP) is 3.53. The number of carbonyl (C=O) groups excluding carboxylic acids is 1. The van der Waals surface area contributed by atoms with Crippen LogP contribution in [0.5, 0.6) is 0 Å². The zero-order valence-corrected chi connectivity index (χ0v) is 16.3. The Kier molecular flexibility index (Phi) is 4.78. The van der Waals surface area contributed by atoms with Crippen molar-refractivity contribution in [2.75, 3.05) is 18.5 Å². The van der Waals surface area contributed by atoms with Gasteiger partial charge < -0.3 is 10.4 Å². The molecule has 0 spiro atoms. The average molecular weight is 485 g/mol. The molecule has 1 amide bonds. The molecule has 1 aliphatic rings. The zero-order chi connectivity index (χ0) is 18.3. The lowest BCUT2D eigenvalue weighted by Crippen LogP contribution is -2.28. The topological polar surface area (TPSA) is 74.7 Å². The second-order valence-corrected chi connectivity index (χ2v) is 8.02. The Labute approximate surface area is 165 Å². The number of fused-ring (bicyclic) bond motifs is 1. The number of β-amino-alcohol motifs (C(OH)–C–C–N with tert-alkyl or cyclic N) is 1. The maximum atomic E-state index is 14.2. The Balaban J connectivity index is 1.77. The summed E-state index contributed by atoms with van der Waals surface area (Å²) < 4.78 is 15.8. The largest absolute Gasteiger partial charge is 0.389 e. The van der Waals surface area contributed by atoms with Gasteiger partial charge in [-0.1, -0.05) is 0 Å². The minimum absolute atomic E-state index is 0.0652. The number of hydrogen-bond acceptors (Lipinski definition) is 6. The first-order valence-electron chi connectivity index (χ1n) is 7.75. The SMILES string of the molecule is O=C(c1c(Nc2ccc(I)cc2F)sc2cccnc12)N1CC(O)CO1. The quantitative estimate of drug-likeness (QED) is 0.556. The van der Waals surface area contributed by atoms with Gasteiger partial charge in [-0.3, -0.25) is 14.6 Å². The molecule has 1 unspecified atom stereocenters. The van der Waals surface area contributed by atoms with Crippen molar-refractivity contribution in [3.8, 4) is 0 Å². The van der Waals surface area contributed by atoms with Gasteiger partial charge in [0.15, 0.2) is 0 Å². The van der Waals surface area contributed by atoms with E-state index in [4.69, 9.17) is 4.84 Å². The number of halogens is 2. The lowest BCUT2D eigenvalue weighted by atomic mass is 10.2. The van der Waals surface area contributed by atoms with Gasteiger partial charge in [-0.05, 0) is 52.9 Å². The summed E-state index contributed by atoms with van der Waals surface area (Å²) in [6.07, 6.45) is 0.877. The van der Waals surface area contributed by atoms with E-state index >= 15 is 0 Å². The highest BCUT2D eigenvalue weighted by atomic mass is 127. The Hall–Kier alpha value is -1.82. The normalized spacial score (nSPS) is 17.0. The lowest BCUT2D eigenvalue weighted by Gasteiger charge is -2.15. The third-order valence-corrected chi connectivity index (χ3v) is 5.60. The number of amides is 1. The molecule has 2 N–H and O–H groups in total. The number of aromatic nitrogens is 1. The molecule has 6 nitrogen and oxygen atoms in total. The van der Waals surface area contributed by atoms with Crippen LogP contribution in [-0.2, 0) is 4.84 Å². The Morgan fingerprint density at radius 1 is 1.46 bits per heavy atom. The summed E-state index contributed by atoms with van der Waals surface area (Å²) in [7, 11) is 0. The van der Waals surface area contributed by atoms with Crippen molar-refractivity contribution in [2.24, 2.45) is 0 Å². The van der Waals surface area contributed by atoms with Crippen molar-refractivity contribution < 1.29 is 19.1 Å². The third-order valence-electron chi connectivity index (χ3n) is 3.87. The van der Waals surface area contributed by atoms with Crippen molar-refractivity contribution in [3.63, 3.8) is 0 Å². The molecule has 0 radical (unpaired) electrons. The molecule has 134 valence electrons. The summed E-state index contributed by atoms with van der Waals surface area (Å²) in [5, 5.41) is 14.2. The summed E-state index contributed by atoms with van der Waals surface area (Å²) in [6, 6.07) is 8.44. The fourth-order valence-corrected chi connectivity index (χ4v) is 4.19. The standard InChI is InChI=1S/C17H13FIN3O3S/c18-11-6-9(19)3-4-12(11)21-16-14(15-13(26-16)2-1-5-20-15)17(24)22-7-10(23)8-25-22/h1-6,10,21,23H,7-8H2. The van der Waals surface area contributed by atoms with Gasteiger partial charge in [0.05, 0.1) is 22.4 Å². The van der Waals surface area contributed by atoms with Gasteiger partial charge in [0, 0.05) is 9.77 Å². The van der Waals surface area contributed by atoms with Crippen LogP contribution in [0.3, 0.4) is 0 Å². The van der Waals surface area contributed by atoms with Crippen LogP contribution in [0, 0.1) is 9.39 Å². The average Bonchev–Trinajstić information content (AvgIpc) is 3.20. The number of pyridine rings is 1. The van der Waals surface area contributed by atoms with Crippen molar-refractivity contribution in [3.05, 3.63) is 51.5 Å². The molecular formula is C17H13FIN3O3S. The molecule has 1 aromatic carbocycles. The first kappa shape index (κ1) is 17.6. The number of aliphatic hydroxyl groups is 1. The third kappa shape index (κ3) is 3.27. The van der Waals surface area contributed by atoms with Crippen LogP contribution in [0.2, 0.25) is 0 Å². The molecule has 9 heteroatoms. The fourth-order valence-electron chi connectivity index (χ4n) is 2.67. The molecule has 1 aliphatic heterocycles. The number of anilines is 2. The monoisotopic (exact) mass is 485 g/mol.